The van der Waals surface area contributed by atoms with E-state index in [-0.39, 0.29) is 36.8 Å². The average molecular weight is 309 g/mol. The predicted molar refractivity (Wildman–Crippen MR) is 80.2 cm³/mol. The Kier molecular flexibility index (Phi) is 8.06. The molecule has 1 aromatic heterocycles. The van der Waals surface area contributed by atoms with Crippen molar-refractivity contribution in [1.29, 1.82) is 0 Å². The van der Waals surface area contributed by atoms with Crippen LogP contribution in [0.1, 0.15) is 24.2 Å². The molecule has 0 spiro atoms. The van der Waals surface area contributed by atoms with Crippen molar-refractivity contribution in [3.05, 3.63) is 17.5 Å². The van der Waals surface area contributed by atoms with Crippen LogP contribution in [-0.4, -0.2) is 34.8 Å². The number of aromatic nitrogens is 2. The topological polar surface area (TPSA) is 59.0 Å². The largest absolute Gasteiger partial charge is 0.350 e. The van der Waals surface area contributed by atoms with Crippen molar-refractivity contribution < 1.29 is 4.79 Å². The number of amides is 1. The molecule has 1 aromatic rings. The Morgan fingerprint density at radius 3 is 2.79 bits per heavy atom. The highest BCUT2D eigenvalue weighted by Crippen LogP contribution is 2.03. The van der Waals surface area contributed by atoms with Crippen molar-refractivity contribution >= 4 is 30.7 Å². The Balaban J connectivity index is 0.00000162. The van der Waals surface area contributed by atoms with E-state index in [2.05, 4.69) is 15.7 Å². The number of hydrogen-bond donors (Lipinski definition) is 2. The molecule has 1 aliphatic rings. The van der Waals surface area contributed by atoms with Crippen LogP contribution in [0.5, 0.6) is 0 Å². The van der Waals surface area contributed by atoms with E-state index in [1.807, 2.05) is 19.9 Å². The average Bonchev–Trinajstić information content (AvgIpc) is 2.58. The highest BCUT2D eigenvalue weighted by molar-refractivity contribution is 5.85. The summed E-state index contributed by atoms with van der Waals surface area (Å²) in [6, 6.07) is 2.25. The van der Waals surface area contributed by atoms with Crippen molar-refractivity contribution in [3.63, 3.8) is 0 Å². The number of nitrogens with zero attached hydrogens (tertiary/aromatic N) is 2. The van der Waals surface area contributed by atoms with Gasteiger partial charge in [0.2, 0.25) is 5.91 Å². The maximum absolute atomic E-state index is 11.8. The summed E-state index contributed by atoms with van der Waals surface area (Å²) < 4.78 is 1.75. The fourth-order valence-corrected chi connectivity index (χ4v) is 2.22. The molecule has 1 saturated heterocycles. The van der Waals surface area contributed by atoms with Gasteiger partial charge in [-0.25, -0.2) is 0 Å². The minimum absolute atomic E-state index is 0. The number of hydrogen-bond acceptors (Lipinski definition) is 3. The Morgan fingerprint density at radius 2 is 2.26 bits per heavy atom. The van der Waals surface area contributed by atoms with Crippen LogP contribution in [-0.2, 0) is 11.3 Å². The number of rotatable bonds is 3. The first kappa shape index (κ1) is 18.2. The summed E-state index contributed by atoms with van der Waals surface area (Å²) in [6.45, 7) is 6.16. The molecular formula is C12H22Cl2N4O. The summed E-state index contributed by atoms with van der Waals surface area (Å²) in [6.07, 6.45) is 2.20. The Bertz CT molecular complexity index is 402. The second kappa shape index (κ2) is 8.40. The van der Waals surface area contributed by atoms with Gasteiger partial charge in [-0.3, -0.25) is 9.48 Å². The summed E-state index contributed by atoms with van der Waals surface area (Å²) in [5, 5.41) is 10.6. The van der Waals surface area contributed by atoms with E-state index in [0.29, 0.717) is 6.54 Å². The molecule has 1 atom stereocenters. The predicted octanol–water partition coefficient (Wildman–Crippen LogP) is 1.21. The first-order valence-corrected chi connectivity index (χ1v) is 6.16. The van der Waals surface area contributed by atoms with Crippen LogP contribution in [0.25, 0.3) is 0 Å². The molecular weight excluding hydrogens is 287 g/mol. The SMILES string of the molecule is Cc1cc(C)n(CC(=O)NC2CCCNC2)n1.Cl.Cl. The van der Waals surface area contributed by atoms with E-state index in [4.69, 9.17) is 0 Å². The number of piperidine rings is 1. The molecule has 7 heteroatoms. The lowest BCUT2D eigenvalue weighted by Gasteiger charge is -2.23. The van der Waals surface area contributed by atoms with Gasteiger partial charge in [0.1, 0.15) is 6.54 Å². The minimum Gasteiger partial charge on any atom is -0.350 e. The second-order valence-corrected chi connectivity index (χ2v) is 4.70. The van der Waals surface area contributed by atoms with Crippen molar-refractivity contribution in [1.82, 2.24) is 20.4 Å². The molecule has 1 unspecified atom stereocenters. The summed E-state index contributed by atoms with van der Waals surface area (Å²) in [4.78, 5) is 11.8. The fourth-order valence-electron chi connectivity index (χ4n) is 2.22. The highest BCUT2D eigenvalue weighted by Gasteiger charge is 2.15. The zero-order valence-corrected chi connectivity index (χ0v) is 12.9. The molecule has 0 aliphatic carbocycles. The third-order valence-electron chi connectivity index (χ3n) is 3.06. The smallest absolute Gasteiger partial charge is 0.242 e. The summed E-state index contributed by atoms with van der Waals surface area (Å²) in [7, 11) is 0. The lowest BCUT2D eigenvalue weighted by atomic mass is 10.1. The van der Waals surface area contributed by atoms with Crippen LogP contribution in [0.15, 0.2) is 6.07 Å². The molecule has 0 saturated carbocycles. The van der Waals surface area contributed by atoms with Gasteiger partial charge in [0.25, 0.3) is 0 Å². The number of carbonyl (C=O) groups is 1. The van der Waals surface area contributed by atoms with E-state index < -0.39 is 0 Å². The second-order valence-electron chi connectivity index (χ2n) is 4.70. The Morgan fingerprint density at radius 1 is 1.53 bits per heavy atom. The molecule has 1 amide bonds. The Labute approximate surface area is 126 Å². The summed E-state index contributed by atoms with van der Waals surface area (Å²) >= 11 is 0. The molecule has 19 heavy (non-hydrogen) atoms. The first-order chi connectivity index (χ1) is 8.15. The molecule has 5 nitrogen and oxygen atoms in total. The van der Waals surface area contributed by atoms with Gasteiger partial charge in [-0.2, -0.15) is 5.10 Å². The third-order valence-corrected chi connectivity index (χ3v) is 3.06. The van der Waals surface area contributed by atoms with E-state index in [1.54, 1.807) is 4.68 Å². The van der Waals surface area contributed by atoms with Gasteiger partial charge in [-0.15, -0.1) is 24.8 Å². The molecule has 110 valence electrons. The quantitative estimate of drug-likeness (QED) is 0.882. The summed E-state index contributed by atoms with van der Waals surface area (Å²) in [5.41, 5.74) is 1.98. The molecule has 0 aromatic carbocycles. The maximum Gasteiger partial charge on any atom is 0.242 e. The molecule has 1 aliphatic heterocycles. The van der Waals surface area contributed by atoms with E-state index in [9.17, 15) is 4.79 Å². The van der Waals surface area contributed by atoms with E-state index >= 15 is 0 Å². The molecule has 0 bridgehead atoms. The highest BCUT2D eigenvalue weighted by atomic mass is 35.5. The van der Waals surface area contributed by atoms with E-state index in [1.165, 1.54) is 0 Å². The van der Waals surface area contributed by atoms with Crippen LogP contribution >= 0.6 is 24.8 Å². The van der Waals surface area contributed by atoms with Crippen molar-refractivity contribution in [2.75, 3.05) is 13.1 Å². The van der Waals surface area contributed by atoms with Crippen molar-refractivity contribution in [2.24, 2.45) is 0 Å². The number of nitrogens with one attached hydrogen (secondary N) is 2. The van der Waals surface area contributed by atoms with Crippen molar-refractivity contribution in [3.8, 4) is 0 Å². The molecule has 2 heterocycles. The van der Waals surface area contributed by atoms with Gasteiger partial charge in [-0.1, -0.05) is 0 Å². The zero-order valence-electron chi connectivity index (χ0n) is 11.3. The fraction of sp³-hybridized carbons (Fsp3) is 0.667. The number of aryl methyl sites for hydroxylation is 2. The number of carbonyl (C=O) groups excluding carboxylic acids is 1. The van der Waals surface area contributed by atoms with Crippen LogP contribution in [0.4, 0.5) is 0 Å². The third kappa shape index (κ3) is 5.38. The van der Waals surface area contributed by atoms with E-state index in [0.717, 1.165) is 37.3 Å². The first-order valence-electron chi connectivity index (χ1n) is 6.16. The molecule has 2 N–H and O–H groups in total. The molecule has 0 radical (unpaired) electrons. The van der Waals surface area contributed by atoms with Gasteiger partial charge in [0.05, 0.1) is 5.69 Å². The van der Waals surface area contributed by atoms with Crippen LogP contribution in [0, 0.1) is 13.8 Å². The monoisotopic (exact) mass is 308 g/mol. The number of halogens is 2. The van der Waals surface area contributed by atoms with Crippen LogP contribution in [0.3, 0.4) is 0 Å². The normalized spacial score (nSPS) is 18.1. The zero-order chi connectivity index (χ0) is 12.3. The lowest BCUT2D eigenvalue weighted by molar-refractivity contribution is -0.122. The summed E-state index contributed by atoms with van der Waals surface area (Å²) in [5.74, 6) is 0.0462. The lowest BCUT2D eigenvalue weighted by Crippen LogP contribution is -2.46. The van der Waals surface area contributed by atoms with Gasteiger partial charge in [0.15, 0.2) is 0 Å². The maximum atomic E-state index is 11.8. The molecule has 1 fully saturated rings. The Hall–Kier alpha value is -0.780. The standard InChI is InChI=1S/C12H20N4O.2ClH/c1-9-6-10(2)16(15-9)8-12(17)14-11-4-3-5-13-7-11;;/h6,11,13H,3-5,7-8H2,1-2H3,(H,14,17);2*1H. The minimum atomic E-state index is 0. The van der Waals surface area contributed by atoms with Crippen LogP contribution < -0.4 is 10.6 Å². The van der Waals surface area contributed by atoms with Crippen molar-refractivity contribution in [2.45, 2.75) is 39.3 Å². The van der Waals surface area contributed by atoms with Gasteiger partial charge >= 0.3 is 0 Å². The van der Waals surface area contributed by atoms with Gasteiger partial charge < -0.3 is 10.6 Å². The van der Waals surface area contributed by atoms with Crippen LogP contribution in [0.2, 0.25) is 0 Å². The molecule has 2 rings (SSSR count). The van der Waals surface area contributed by atoms with Gasteiger partial charge in [-0.05, 0) is 39.3 Å². The van der Waals surface area contributed by atoms with Gasteiger partial charge in [0, 0.05) is 18.3 Å².